The molecule has 1 aromatic carbocycles. The molecule has 0 aliphatic carbocycles. The van der Waals surface area contributed by atoms with Crippen LogP contribution in [-0.4, -0.2) is 11.6 Å². The van der Waals surface area contributed by atoms with E-state index in [1.807, 2.05) is 18.2 Å². The maximum atomic E-state index is 11.3. The minimum absolute atomic E-state index is 0.0602. The van der Waals surface area contributed by atoms with E-state index < -0.39 is 0 Å². The molecule has 1 amide bonds. The average molecular weight is 158 g/mol. The normalized spacial score (nSPS) is 17.3. The lowest BCUT2D eigenvalue weighted by Crippen LogP contribution is -2.12. The molecule has 0 saturated heterocycles. The van der Waals surface area contributed by atoms with Gasteiger partial charge in [-0.1, -0.05) is 12.1 Å². The molecule has 0 atom stereocenters. The Morgan fingerprint density at radius 2 is 2.33 bits per heavy atom. The Morgan fingerprint density at radius 1 is 1.42 bits per heavy atom. The summed E-state index contributed by atoms with van der Waals surface area (Å²) in [4.78, 5) is 15.4. The molecule has 0 saturated carbocycles. The summed E-state index contributed by atoms with van der Waals surface area (Å²) in [6.07, 6.45) is 0. The highest BCUT2D eigenvalue weighted by Gasteiger charge is 2.31. The number of benzene rings is 1. The molecule has 0 radical (unpaired) electrons. The number of nitrogens with one attached hydrogen (secondary N) is 1. The van der Waals surface area contributed by atoms with Gasteiger partial charge in [0.1, 0.15) is 5.71 Å². The van der Waals surface area contributed by atoms with Crippen LogP contribution in [0.5, 0.6) is 0 Å². The molecule has 0 fully saturated rings. The van der Waals surface area contributed by atoms with Crippen LogP contribution in [0, 0.1) is 0 Å². The second-order valence-corrected chi connectivity index (χ2v) is 2.96. The van der Waals surface area contributed by atoms with Gasteiger partial charge in [0.25, 0.3) is 5.91 Å². The van der Waals surface area contributed by atoms with Crippen molar-refractivity contribution in [1.29, 1.82) is 0 Å². The monoisotopic (exact) mass is 158 g/mol. The fourth-order valence-electron chi connectivity index (χ4n) is 1.73. The highest BCUT2D eigenvalue weighted by Crippen LogP contribution is 2.31. The molecule has 1 N–H and O–H groups in total. The van der Waals surface area contributed by atoms with Gasteiger partial charge in [0.05, 0.1) is 12.2 Å². The van der Waals surface area contributed by atoms with E-state index in [1.165, 1.54) is 0 Å². The van der Waals surface area contributed by atoms with Crippen molar-refractivity contribution in [2.75, 3.05) is 5.32 Å². The van der Waals surface area contributed by atoms with Crippen molar-refractivity contribution in [3.8, 4) is 0 Å². The average Bonchev–Trinajstić information content (AvgIpc) is 2.60. The van der Waals surface area contributed by atoms with Crippen LogP contribution in [0.4, 0.5) is 5.69 Å². The molecular weight excluding hydrogens is 152 g/mol. The largest absolute Gasteiger partial charge is 0.320 e. The zero-order chi connectivity index (χ0) is 8.13. The molecule has 58 valence electrons. The second-order valence-electron chi connectivity index (χ2n) is 2.96. The molecule has 1 aromatic rings. The summed E-state index contributed by atoms with van der Waals surface area (Å²) in [6.45, 7) is 0.659. The van der Waals surface area contributed by atoms with Crippen LogP contribution < -0.4 is 5.32 Å². The van der Waals surface area contributed by atoms with E-state index in [0.717, 1.165) is 16.8 Å². The Bertz CT molecular complexity index is 421. The van der Waals surface area contributed by atoms with Gasteiger partial charge in [-0.05, 0) is 11.6 Å². The van der Waals surface area contributed by atoms with E-state index in [0.29, 0.717) is 12.3 Å². The molecule has 2 aliphatic rings. The zero-order valence-electron chi connectivity index (χ0n) is 6.29. The summed E-state index contributed by atoms with van der Waals surface area (Å²) in [6, 6.07) is 5.86. The third-order valence-electron chi connectivity index (χ3n) is 2.26. The molecular formula is C9H6N2O. The van der Waals surface area contributed by atoms with Crippen molar-refractivity contribution >= 4 is 17.3 Å². The fourth-order valence-corrected chi connectivity index (χ4v) is 1.73. The van der Waals surface area contributed by atoms with Gasteiger partial charge in [0, 0.05) is 5.56 Å². The van der Waals surface area contributed by atoms with Crippen molar-refractivity contribution in [1.82, 2.24) is 0 Å². The SMILES string of the molecule is O=C1Nc2cccc3c2C1=NC3. The summed E-state index contributed by atoms with van der Waals surface area (Å²) >= 11 is 0. The van der Waals surface area contributed by atoms with Gasteiger partial charge in [-0.2, -0.15) is 0 Å². The number of anilines is 1. The zero-order valence-corrected chi connectivity index (χ0v) is 6.29. The Kier molecular flexibility index (Phi) is 0.864. The summed E-state index contributed by atoms with van der Waals surface area (Å²) in [7, 11) is 0. The van der Waals surface area contributed by atoms with Crippen LogP contribution >= 0.6 is 0 Å². The molecule has 0 bridgehead atoms. The van der Waals surface area contributed by atoms with E-state index in [2.05, 4.69) is 10.3 Å². The number of aliphatic imine (C=N–C) groups is 1. The van der Waals surface area contributed by atoms with Gasteiger partial charge in [-0.15, -0.1) is 0 Å². The first-order valence-electron chi connectivity index (χ1n) is 3.84. The molecule has 3 rings (SSSR count). The smallest absolute Gasteiger partial charge is 0.274 e. The third kappa shape index (κ3) is 0.525. The van der Waals surface area contributed by atoms with Crippen molar-refractivity contribution in [3.63, 3.8) is 0 Å². The Morgan fingerprint density at radius 3 is 3.25 bits per heavy atom. The van der Waals surface area contributed by atoms with Crippen molar-refractivity contribution in [3.05, 3.63) is 29.3 Å². The first kappa shape index (κ1) is 5.94. The Balaban J connectivity index is 2.40. The lowest BCUT2D eigenvalue weighted by Gasteiger charge is -1.97. The van der Waals surface area contributed by atoms with E-state index in [-0.39, 0.29) is 5.91 Å². The number of rotatable bonds is 0. The maximum Gasteiger partial charge on any atom is 0.274 e. The second kappa shape index (κ2) is 1.75. The number of carbonyl (C=O) groups excluding carboxylic acids is 1. The summed E-state index contributed by atoms with van der Waals surface area (Å²) in [5, 5.41) is 2.77. The molecule has 3 heteroatoms. The number of amides is 1. The van der Waals surface area contributed by atoms with Gasteiger partial charge >= 0.3 is 0 Å². The van der Waals surface area contributed by atoms with Crippen LogP contribution in [0.2, 0.25) is 0 Å². The first-order valence-corrected chi connectivity index (χ1v) is 3.84. The van der Waals surface area contributed by atoms with Crippen molar-refractivity contribution in [2.45, 2.75) is 6.54 Å². The fraction of sp³-hybridized carbons (Fsp3) is 0.111. The highest BCUT2D eigenvalue weighted by atomic mass is 16.2. The summed E-state index contributed by atoms with van der Waals surface area (Å²) in [5.41, 5.74) is 3.69. The predicted molar refractivity (Wildman–Crippen MR) is 45.3 cm³/mol. The third-order valence-corrected chi connectivity index (χ3v) is 2.26. The number of nitrogens with zero attached hydrogens (tertiary/aromatic N) is 1. The highest BCUT2D eigenvalue weighted by molar-refractivity contribution is 6.54. The quantitative estimate of drug-likeness (QED) is 0.599. The topological polar surface area (TPSA) is 41.5 Å². The van der Waals surface area contributed by atoms with Crippen LogP contribution in [-0.2, 0) is 11.3 Å². The molecule has 2 heterocycles. The van der Waals surface area contributed by atoms with Crippen LogP contribution in [0.15, 0.2) is 23.2 Å². The summed E-state index contributed by atoms with van der Waals surface area (Å²) in [5.74, 6) is -0.0602. The first-order chi connectivity index (χ1) is 5.86. The molecule has 3 nitrogen and oxygen atoms in total. The maximum absolute atomic E-state index is 11.3. The van der Waals surface area contributed by atoms with E-state index in [4.69, 9.17) is 0 Å². The Hall–Kier alpha value is -1.64. The number of hydrogen-bond donors (Lipinski definition) is 1. The molecule has 0 unspecified atom stereocenters. The van der Waals surface area contributed by atoms with E-state index in [9.17, 15) is 4.79 Å². The van der Waals surface area contributed by atoms with Crippen molar-refractivity contribution < 1.29 is 4.79 Å². The van der Waals surface area contributed by atoms with Gasteiger partial charge in [0.15, 0.2) is 0 Å². The lowest BCUT2D eigenvalue weighted by molar-refractivity contribution is -0.110. The van der Waals surface area contributed by atoms with Gasteiger partial charge in [-0.25, -0.2) is 0 Å². The lowest BCUT2D eigenvalue weighted by atomic mass is 10.1. The molecule has 2 aliphatic heterocycles. The van der Waals surface area contributed by atoms with Crippen LogP contribution in [0.25, 0.3) is 0 Å². The standard InChI is InChI=1S/C9H6N2O/c12-9-8-7-5(4-10-8)2-1-3-6(7)11-9/h1-3H,4H2,(H,11,12). The van der Waals surface area contributed by atoms with E-state index in [1.54, 1.807) is 0 Å². The minimum Gasteiger partial charge on any atom is -0.320 e. The van der Waals surface area contributed by atoms with Gasteiger partial charge in [-0.3, -0.25) is 9.79 Å². The Labute approximate surface area is 69.1 Å². The number of carbonyl (C=O) groups is 1. The molecule has 12 heavy (non-hydrogen) atoms. The predicted octanol–water partition coefficient (Wildman–Crippen LogP) is 0.941. The van der Waals surface area contributed by atoms with Crippen LogP contribution in [0.1, 0.15) is 11.1 Å². The van der Waals surface area contributed by atoms with Gasteiger partial charge in [0.2, 0.25) is 0 Å². The van der Waals surface area contributed by atoms with E-state index >= 15 is 0 Å². The van der Waals surface area contributed by atoms with Crippen molar-refractivity contribution in [2.24, 2.45) is 4.99 Å². The van der Waals surface area contributed by atoms with Gasteiger partial charge < -0.3 is 5.32 Å². The molecule has 0 spiro atoms. The van der Waals surface area contributed by atoms with Crippen LogP contribution in [0.3, 0.4) is 0 Å². The molecule has 0 aromatic heterocycles. The minimum atomic E-state index is -0.0602. The summed E-state index contributed by atoms with van der Waals surface area (Å²) < 4.78 is 0. The number of hydrogen-bond acceptors (Lipinski definition) is 2.